The molecule has 1 saturated carbocycles. The Morgan fingerprint density at radius 3 is 2.38 bits per heavy atom. The lowest BCUT2D eigenvalue weighted by molar-refractivity contribution is -0.123. The van der Waals surface area contributed by atoms with Gasteiger partial charge in [0, 0.05) is 17.0 Å². The van der Waals surface area contributed by atoms with Crippen LogP contribution >= 0.6 is 24.2 Å². The highest BCUT2D eigenvalue weighted by Gasteiger charge is 2.42. The van der Waals surface area contributed by atoms with E-state index in [1.807, 2.05) is 32.0 Å². The molecule has 118 valence electrons. The average molecular weight is 329 g/mol. The van der Waals surface area contributed by atoms with Crippen LogP contribution in [-0.2, 0) is 4.79 Å². The molecule has 0 bridgehead atoms. The minimum absolute atomic E-state index is 0. The first-order valence-electron chi connectivity index (χ1n) is 7.23. The summed E-state index contributed by atoms with van der Waals surface area (Å²) in [6, 6.07) is 10.2. The number of rotatable bonds is 5. The predicted molar refractivity (Wildman–Crippen MR) is 92.0 cm³/mol. The van der Waals surface area contributed by atoms with E-state index in [0.717, 1.165) is 30.6 Å². The van der Waals surface area contributed by atoms with Gasteiger partial charge in [-0.15, -0.1) is 24.2 Å². The Balaban J connectivity index is 0.00000220. The molecule has 1 fully saturated rings. The monoisotopic (exact) mass is 328 g/mol. The second-order valence-electron chi connectivity index (χ2n) is 6.29. The van der Waals surface area contributed by atoms with E-state index in [0.29, 0.717) is 6.54 Å². The Morgan fingerprint density at radius 1 is 1.29 bits per heavy atom. The van der Waals surface area contributed by atoms with Crippen LogP contribution < -0.4 is 11.1 Å². The van der Waals surface area contributed by atoms with Gasteiger partial charge in [-0.25, -0.2) is 0 Å². The lowest BCUT2D eigenvalue weighted by Gasteiger charge is -2.29. The van der Waals surface area contributed by atoms with Gasteiger partial charge in [-0.3, -0.25) is 4.79 Å². The molecule has 3 N–H and O–H groups in total. The fraction of sp³-hybridized carbons (Fsp3) is 0.562. The molecule has 0 aliphatic heterocycles. The number of carbonyl (C=O) groups excluding carboxylic acids is 1. The number of thioether (sulfide) groups is 1. The molecule has 1 amide bonds. The maximum Gasteiger partial charge on any atom is 0.236 e. The van der Waals surface area contributed by atoms with Crippen LogP contribution in [0.5, 0.6) is 0 Å². The number of hydrogen-bond donors (Lipinski definition) is 2. The second-order valence-corrected chi connectivity index (χ2v) is 7.74. The topological polar surface area (TPSA) is 55.1 Å². The molecule has 0 saturated heterocycles. The van der Waals surface area contributed by atoms with Crippen molar-refractivity contribution in [1.82, 2.24) is 5.32 Å². The van der Waals surface area contributed by atoms with Gasteiger partial charge in [0.25, 0.3) is 0 Å². The summed E-state index contributed by atoms with van der Waals surface area (Å²) in [6.45, 7) is 4.38. The Bertz CT molecular complexity index is 453. The second kappa shape index (κ2) is 7.52. The summed E-state index contributed by atoms with van der Waals surface area (Å²) in [5.41, 5.74) is 5.59. The quantitative estimate of drug-likeness (QED) is 0.871. The van der Waals surface area contributed by atoms with Gasteiger partial charge in [0.05, 0.1) is 4.75 Å². The highest BCUT2D eigenvalue weighted by molar-refractivity contribution is 8.01. The van der Waals surface area contributed by atoms with Crippen molar-refractivity contribution in [1.29, 1.82) is 0 Å². The van der Waals surface area contributed by atoms with Crippen molar-refractivity contribution in [2.24, 2.45) is 5.73 Å². The third-order valence-electron chi connectivity index (χ3n) is 3.59. The van der Waals surface area contributed by atoms with Gasteiger partial charge in [-0.05, 0) is 38.8 Å². The number of halogens is 1. The van der Waals surface area contributed by atoms with Crippen LogP contribution in [0.15, 0.2) is 35.2 Å². The molecule has 2 rings (SSSR count). The van der Waals surface area contributed by atoms with Gasteiger partial charge < -0.3 is 11.1 Å². The summed E-state index contributed by atoms with van der Waals surface area (Å²) in [6.07, 6.45) is 4.14. The molecular weight excluding hydrogens is 304 g/mol. The van der Waals surface area contributed by atoms with Crippen LogP contribution in [0.3, 0.4) is 0 Å². The molecule has 1 aliphatic carbocycles. The van der Waals surface area contributed by atoms with Gasteiger partial charge in [-0.2, -0.15) is 0 Å². The van der Waals surface area contributed by atoms with Crippen LogP contribution in [0, 0.1) is 0 Å². The maximum atomic E-state index is 12.6. The van der Waals surface area contributed by atoms with Crippen molar-refractivity contribution in [2.45, 2.75) is 54.7 Å². The Labute approximate surface area is 137 Å². The van der Waals surface area contributed by atoms with Crippen molar-refractivity contribution in [3.63, 3.8) is 0 Å². The summed E-state index contributed by atoms with van der Waals surface area (Å²) in [7, 11) is 0. The zero-order valence-electron chi connectivity index (χ0n) is 12.7. The lowest BCUT2D eigenvalue weighted by atomic mass is 10.0. The van der Waals surface area contributed by atoms with Gasteiger partial charge in [-0.1, -0.05) is 31.0 Å². The zero-order chi connectivity index (χ0) is 14.6. The van der Waals surface area contributed by atoms with E-state index < -0.39 is 0 Å². The molecule has 3 nitrogen and oxygen atoms in total. The first-order valence-corrected chi connectivity index (χ1v) is 8.04. The Morgan fingerprint density at radius 2 is 1.86 bits per heavy atom. The standard InChI is InChI=1S/C16H24N2OS.ClH/c1-15(2,17)12-18-14(19)16(10-6-7-11-16)20-13-8-4-3-5-9-13;/h3-5,8-9H,6-7,10-12,17H2,1-2H3,(H,18,19);1H. The summed E-state index contributed by atoms with van der Waals surface area (Å²) in [4.78, 5) is 13.8. The number of nitrogens with two attached hydrogens (primary N) is 1. The molecule has 1 aromatic rings. The SMILES string of the molecule is CC(C)(N)CNC(=O)C1(Sc2ccccc2)CCCC1.Cl. The molecule has 1 aliphatic rings. The highest BCUT2D eigenvalue weighted by atomic mass is 35.5. The number of amides is 1. The van der Waals surface area contributed by atoms with Crippen molar-refractivity contribution in [3.8, 4) is 0 Å². The summed E-state index contributed by atoms with van der Waals surface area (Å²) in [5.74, 6) is 0.141. The zero-order valence-corrected chi connectivity index (χ0v) is 14.4. The molecule has 0 aromatic heterocycles. The van der Waals surface area contributed by atoms with Gasteiger partial charge in [0.15, 0.2) is 0 Å². The van der Waals surface area contributed by atoms with Gasteiger partial charge in [0.1, 0.15) is 0 Å². The predicted octanol–water partition coefficient (Wildman–Crippen LogP) is 3.37. The molecule has 0 radical (unpaired) electrons. The minimum Gasteiger partial charge on any atom is -0.353 e. The van der Waals surface area contributed by atoms with E-state index in [-0.39, 0.29) is 28.6 Å². The summed E-state index contributed by atoms with van der Waals surface area (Å²) < 4.78 is -0.313. The lowest BCUT2D eigenvalue weighted by Crippen LogP contribution is -2.50. The molecule has 0 spiro atoms. The molecular formula is C16H25ClN2OS. The van der Waals surface area contributed by atoms with Crippen molar-refractivity contribution < 1.29 is 4.79 Å². The van der Waals surface area contributed by atoms with Gasteiger partial charge >= 0.3 is 0 Å². The van der Waals surface area contributed by atoms with E-state index in [9.17, 15) is 4.79 Å². The van der Waals surface area contributed by atoms with Crippen molar-refractivity contribution in [2.75, 3.05) is 6.54 Å². The van der Waals surface area contributed by atoms with E-state index in [2.05, 4.69) is 17.4 Å². The van der Waals surface area contributed by atoms with E-state index in [1.54, 1.807) is 11.8 Å². The highest BCUT2D eigenvalue weighted by Crippen LogP contribution is 2.45. The minimum atomic E-state index is -0.368. The molecule has 1 aromatic carbocycles. The Hall–Kier alpha value is -0.710. The molecule has 0 unspecified atom stereocenters. The molecule has 0 heterocycles. The van der Waals surface area contributed by atoms with Crippen LogP contribution in [0.1, 0.15) is 39.5 Å². The smallest absolute Gasteiger partial charge is 0.236 e. The molecule has 21 heavy (non-hydrogen) atoms. The summed E-state index contributed by atoms with van der Waals surface area (Å²) >= 11 is 1.70. The molecule has 0 atom stereocenters. The number of hydrogen-bond acceptors (Lipinski definition) is 3. The largest absolute Gasteiger partial charge is 0.353 e. The summed E-state index contributed by atoms with van der Waals surface area (Å²) in [5, 5.41) is 3.04. The van der Waals surface area contributed by atoms with Crippen molar-refractivity contribution >= 4 is 30.1 Å². The van der Waals surface area contributed by atoms with E-state index >= 15 is 0 Å². The van der Waals surface area contributed by atoms with Crippen LogP contribution in [0.4, 0.5) is 0 Å². The fourth-order valence-corrected chi connectivity index (χ4v) is 3.91. The van der Waals surface area contributed by atoms with Crippen LogP contribution in [0.25, 0.3) is 0 Å². The fourth-order valence-electron chi connectivity index (χ4n) is 2.50. The van der Waals surface area contributed by atoms with Crippen LogP contribution in [-0.4, -0.2) is 22.7 Å². The number of nitrogens with one attached hydrogen (secondary N) is 1. The van der Waals surface area contributed by atoms with Gasteiger partial charge in [0.2, 0.25) is 5.91 Å². The van der Waals surface area contributed by atoms with E-state index in [4.69, 9.17) is 5.73 Å². The first kappa shape index (κ1) is 18.3. The third kappa shape index (κ3) is 5.20. The van der Waals surface area contributed by atoms with E-state index in [1.165, 1.54) is 0 Å². The first-order chi connectivity index (χ1) is 9.41. The Kier molecular flexibility index (Phi) is 6.57. The van der Waals surface area contributed by atoms with Crippen molar-refractivity contribution in [3.05, 3.63) is 30.3 Å². The number of carbonyl (C=O) groups is 1. The maximum absolute atomic E-state index is 12.6. The molecule has 5 heteroatoms. The number of benzene rings is 1. The average Bonchev–Trinajstić information content (AvgIpc) is 2.86. The van der Waals surface area contributed by atoms with Crippen LogP contribution in [0.2, 0.25) is 0 Å². The normalized spacial score (nSPS) is 17.1. The third-order valence-corrected chi connectivity index (χ3v) is 5.08.